The lowest BCUT2D eigenvalue weighted by molar-refractivity contribution is 0.112. The van der Waals surface area contributed by atoms with Crippen LogP contribution >= 0.6 is 11.6 Å². The highest BCUT2D eigenvalue weighted by Crippen LogP contribution is 2.24. The van der Waals surface area contributed by atoms with Crippen molar-refractivity contribution in [1.82, 2.24) is 9.97 Å². The molecule has 2 aromatic rings. The van der Waals surface area contributed by atoms with E-state index < -0.39 is 0 Å². The van der Waals surface area contributed by atoms with Crippen LogP contribution in [0.5, 0.6) is 0 Å². The Morgan fingerprint density at radius 2 is 1.93 bits per heavy atom. The maximum absolute atomic E-state index is 10.8. The molecule has 3 nitrogen and oxygen atoms in total. The summed E-state index contributed by atoms with van der Waals surface area (Å²) in [6.07, 6.45) is 5.52. The minimum absolute atomic E-state index is 0.578. The van der Waals surface area contributed by atoms with Crippen molar-refractivity contribution < 1.29 is 4.79 Å². The highest BCUT2D eigenvalue weighted by atomic mass is 35.5. The summed E-state index contributed by atoms with van der Waals surface area (Å²) in [6, 6.07) is 5.08. The molecule has 0 aliphatic rings. The molecule has 0 saturated heterocycles. The fourth-order valence-electron chi connectivity index (χ4n) is 1.32. The van der Waals surface area contributed by atoms with Crippen LogP contribution in [-0.4, -0.2) is 16.3 Å². The molecule has 0 aliphatic heterocycles. The van der Waals surface area contributed by atoms with Gasteiger partial charge in [0, 0.05) is 28.5 Å². The number of benzene rings is 1. The lowest BCUT2D eigenvalue weighted by atomic mass is 10.0. The predicted octanol–water partition coefficient (Wildman–Crippen LogP) is 2.61. The molecule has 0 radical (unpaired) electrons. The Morgan fingerprint density at radius 3 is 2.60 bits per heavy atom. The molecule has 0 amide bonds. The summed E-state index contributed by atoms with van der Waals surface area (Å²) in [6.45, 7) is 0. The van der Waals surface area contributed by atoms with Gasteiger partial charge in [-0.15, -0.1) is 0 Å². The molecule has 1 aromatic heterocycles. The number of carbonyl (C=O) groups is 1. The standard InChI is InChI=1S/C11H7ClN2O/c12-10-2-1-8(6-15)11(3-10)9-4-13-7-14-5-9/h1-7H. The fourth-order valence-corrected chi connectivity index (χ4v) is 1.49. The van der Waals surface area contributed by atoms with Gasteiger partial charge in [0.15, 0.2) is 6.29 Å². The third-order valence-corrected chi connectivity index (χ3v) is 2.25. The van der Waals surface area contributed by atoms with Crippen LogP contribution in [0.15, 0.2) is 36.9 Å². The Kier molecular flexibility index (Phi) is 2.74. The molecule has 0 atom stereocenters. The number of carbonyl (C=O) groups excluding carboxylic acids is 1. The van der Waals surface area contributed by atoms with Crippen LogP contribution in [0.1, 0.15) is 10.4 Å². The van der Waals surface area contributed by atoms with Gasteiger partial charge in [-0.05, 0) is 23.8 Å². The van der Waals surface area contributed by atoms with Crippen molar-refractivity contribution in [2.24, 2.45) is 0 Å². The highest BCUT2D eigenvalue weighted by molar-refractivity contribution is 6.31. The number of nitrogens with zero attached hydrogens (tertiary/aromatic N) is 2. The molecule has 74 valence electrons. The Hall–Kier alpha value is -1.74. The molecule has 0 unspecified atom stereocenters. The summed E-state index contributed by atoms with van der Waals surface area (Å²) in [5.74, 6) is 0. The van der Waals surface area contributed by atoms with E-state index in [4.69, 9.17) is 11.6 Å². The first-order valence-electron chi connectivity index (χ1n) is 4.31. The Morgan fingerprint density at radius 1 is 1.20 bits per heavy atom. The predicted molar refractivity (Wildman–Crippen MR) is 57.9 cm³/mol. The van der Waals surface area contributed by atoms with Crippen LogP contribution in [0.2, 0.25) is 5.02 Å². The second-order valence-corrected chi connectivity index (χ2v) is 3.41. The first kappa shape index (κ1) is 9.80. The molecule has 0 aliphatic carbocycles. The van der Waals surface area contributed by atoms with Crippen molar-refractivity contribution in [3.05, 3.63) is 47.5 Å². The van der Waals surface area contributed by atoms with Crippen LogP contribution in [0, 0.1) is 0 Å². The third kappa shape index (κ3) is 2.02. The van der Waals surface area contributed by atoms with Crippen LogP contribution in [0.4, 0.5) is 0 Å². The average Bonchev–Trinajstić information content (AvgIpc) is 2.30. The normalized spacial score (nSPS) is 9.93. The highest BCUT2D eigenvalue weighted by Gasteiger charge is 2.05. The summed E-state index contributed by atoms with van der Waals surface area (Å²) >= 11 is 5.87. The zero-order valence-corrected chi connectivity index (χ0v) is 8.48. The van der Waals surface area contributed by atoms with Gasteiger partial charge in [0.05, 0.1) is 0 Å². The monoisotopic (exact) mass is 218 g/mol. The van der Waals surface area contributed by atoms with Crippen LogP contribution in [0.25, 0.3) is 11.1 Å². The van der Waals surface area contributed by atoms with Gasteiger partial charge in [-0.2, -0.15) is 0 Å². The molecule has 1 aromatic carbocycles. The maximum atomic E-state index is 10.8. The van der Waals surface area contributed by atoms with Gasteiger partial charge >= 0.3 is 0 Å². The third-order valence-electron chi connectivity index (χ3n) is 2.01. The van der Waals surface area contributed by atoms with Crippen molar-refractivity contribution in [3.63, 3.8) is 0 Å². The van der Waals surface area contributed by atoms with Crippen LogP contribution in [-0.2, 0) is 0 Å². The van der Waals surface area contributed by atoms with Gasteiger partial charge in [-0.3, -0.25) is 4.79 Å². The number of aromatic nitrogens is 2. The zero-order chi connectivity index (χ0) is 10.7. The van der Waals surface area contributed by atoms with Gasteiger partial charge in [-0.1, -0.05) is 11.6 Å². The van der Waals surface area contributed by atoms with Crippen molar-refractivity contribution in [2.45, 2.75) is 0 Å². The molecule has 0 spiro atoms. The fraction of sp³-hybridized carbons (Fsp3) is 0. The maximum Gasteiger partial charge on any atom is 0.150 e. The van der Waals surface area contributed by atoms with E-state index in [0.29, 0.717) is 10.6 Å². The van der Waals surface area contributed by atoms with Gasteiger partial charge in [0.25, 0.3) is 0 Å². The Balaban J connectivity index is 2.61. The molecule has 0 fully saturated rings. The largest absolute Gasteiger partial charge is 0.298 e. The molecule has 4 heteroatoms. The van der Waals surface area contributed by atoms with E-state index in [9.17, 15) is 4.79 Å². The lowest BCUT2D eigenvalue weighted by Crippen LogP contribution is -1.89. The molecule has 2 rings (SSSR count). The van der Waals surface area contributed by atoms with Crippen molar-refractivity contribution in [3.8, 4) is 11.1 Å². The summed E-state index contributed by atoms with van der Waals surface area (Å²) in [4.78, 5) is 18.6. The van der Waals surface area contributed by atoms with E-state index in [-0.39, 0.29) is 0 Å². The Labute approximate surface area is 91.8 Å². The van der Waals surface area contributed by atoms with Crippen molar-refractivity contribution >= 4 is 17.9 Å². The minimum atomic E-state index is 0.578. The number of aldehydes is 1. The topological polar surface area (TPSA) is 42.9 Å². The minimum Gasteiger partial charge on any atom is -0.298 e. The van der Waals surface area contributed by atoms with E-state index in [1.807, 2.05) is 0 Å². The average molecular weight is 219 g/mol. The molecule has 1 heterocycles. The first-order chi connectivity index (χ1) is 7.31. The molecular weight excluding hydrogens is 212 g/mol. The van der Waals surface area contributed by atoms with E-state index in [2.05, 4.69) is 9.97 Å². The summed E-state index contributed by atoms with van der Waals surface area (Å²) in [7, 11) is 0. The number of halogens is 1. The second-order valence-electron chi connectivity index (χ2n) is 2.98. The molecule has 15 heavy (non-hydrogen) atoms. The lowest BCUT2D eigenvalue weighted by Gasteiger charge is -2.03. The molecule has 0 N–H and O–H groups in total. The molecule has 0 bridgehead atoms. The zero-order valence-electron chi connectivity index (χ0n) is 7.72. The quantitative estimate of drug-likeness (QED) is 0.728. The van der Waals surface area contributed by atoms with E-state index in [0.717, 1.165) is 17.4 Å². The number of hydrogen-bond acceptors (Lipinski definition) is 3. The van der Waals surface area contributed by atoms with E-state index >= 15 is 0 Å². The summed E-state index contributed by atoms with van der Waals surface area (Å²) < 4.78 is 0. The van der Waals surface area contributed by atoms with Crippen molar-refractivity contribution in [1.29, 1.82) is 0 Å². The van der Waals surface area contributed by atoms with Crippen LogP contribution in [0.3, 0.4) is 0 Å². The molecular formula is C11H7ClN2O. The van der Waals surface area contributed by atoms with Gasteiger partial charge in [-0.25, -0.2) is 9.97 Å². The smallest absolute Gasteiger partial charge is 0.150 e. The van der Waals surface area contributed by atoms with E-state index in [1.165, 1.54) is 6.33 Å². The second kappa shape index (κ2) is 4.19. The van der Waals surface area contributed by atoms with Gasteiger partial charge < -0.3 is 0 Å². The van der Waals surface area contributed by atoms with Crippen molar-refractivity contribution in [2.75, 3.05) is 0 Å². The summed E-state index contributed by atoms with van der Waals surface area (Å²) in [5.41, 5.74) is 2.11. The number of hydrogen-bond donors (Lipinski definition) is 0. The van der Waals surface area contributed by atoms with E-state index in [1.54, 1.807) is 30.6 Å². The SMILES string of the molecule is O=Cc1ccc(Cl)cc1-c1cncnc1. The van der Waals surface area contributed by atoms with Gasteiger partial charge in [0.2, 0.25) is 0 Å². The van der Waals surface area contributed by atoms with Gasteiger partial charge in [0.1, 0.15) is 6.33 Å². The number of rotatable bonds is 2. The first-order valence-corrected chi connectivity index (χ1v) is 4.69. The van der Waals surface area contributed by atoms with Crippen LogP contribution < -0.4 is 0 Å². The Bertz CT molecular complexity index is 485. The summed E-state index contributed by atoms with van der Waals surface area (Å²) in [5, 5.41) is 0.583. The molecule has 0 saturated carbocycles.